The third-order valence-corrected chi connectivity index (χ3v) is 6.46. The standard InChI is InChI=1S/C17H10FN3OS.C7H14N2O/c18-13-3-1-11(2-4-13)16-7-15(12-5-6-23-10-12)17-19-14(9-22)8-21(17)20-16;1-7(2)6(10)8-4-5-9(7)3/h1-10H;4-5H2,1-3H3,(H,8,10). The summed E-state index contributed by atoms with van der Waals surface area (Å²) in [4.78, 5) is 28.6. The Morgan fingerprint density at radius 1 is 1.18 bits per heavy atom. The van der Waals surface area contributed by atoms with Crippen LogP contribution < -0.4 is 5.32 Å². The minimum Gasteiger partial charge on any atom is -0.353 e. The van der Waals surface area contributed by atoms with E-state index in [0.29, 0.717) is 23.3 Å². The number of rotatable bonds is 3. The number of carbonyl (C=O) groups is 2. The van der Waals surface area contributed by atoms with E-state index in [0.717, 1.165) is 29.8 Å². The van der Waals surface area contributed by atoms with E-state index in [1.54, 1.807) is 34.2 Å². The number of hydrogen-bond donors (Lipinski definition) is 1. The van der Waals surface area contributed by atoms with Gasteiger partial charge in [0.25, 0.3) is 0 Å². The molecule has 7 nitrogen and oxygen atoms in total. The van der Waals surface area contributed by atoms with Crippen molar-refractivity contribution < 1.29 is 14.0 Å². The summed E-state index contributed by atoms with van der Waals surface area (Å²) in [6.07, 6.45) is 2.29. The van der Waals surface area contributed by atoms with Gasteiger partial charge >= 0.3 is 0 Å². The summed E-state index contributed by atoms with van der Waals surface area (Å²) in [5.74, 6) is -0.167. The van der Waals surface area contributed by atoms with Crippen LogP contribution in [0.5, 0.6) is 0 Å². The number of nitrogens with one attached hydrogen (secondary N) is 1. The second kappa shape index (κ2) is 9.21. The highest BCUT2D eigenvalue weighted by Gasteiger charge is 2.34. The van der Waals surface area contributed by atoms with Crippen molar-refractivity contribution in [2.45, 2.75) is 19.4 Å². The number of hydrogen-bond acceptors (Lipinski definition) is 6. The van der Waals surface area contributed by atoms with Crippen molar-refractivity contribution in [3.8, 4) is 22.4 Å². The van der Waals surface area contributed by atoms with Gasteiger partial charge in [0.2, 0.25) is 5.91 Å². The number of thiophene rings is 1. The zero-order valence-electron chi connectivity index (χ0n) is 18.6. The number of nitrogens with zero attached hydrogens (tertiary/aromatic N) is 4. The molecule has 0 aliphatic carbocycles. The van der Waals surface area contributed by atoms with Crippen LogP contribution in [-0.4, -0.2) is 57.4 Å². The zero-order valence-corrected chi connectivity index (χ0v) is 19.4. The predicted octanol–water partition coefficient (Wildman–Crippen LogP) is 3.90. The van der Waals surface area contributed by atoms with Crippen LogP contribution in [0.15, 0.2) is 53.4 Å². The van der Waals surface area contributed by atoms with E-state index < -0.39 is 0 Å². The first-order chi connectivity index (χ1) is 15.8. The Balaban J connectivity index is 0.000000219. The summed E-state index contributed by atoms with van der Waals surface area (Å²) >= 11 is 1.58. The number of imidazole rings is 1. The van der Waals surface area contributed by atoms with Crippen molar-refractivity contribution >= 4 is 29.2 Å². The number of benzene rings is 1. The van der Waals surface area contributed by atoms with E-state index >= 15 is 0 Å². The largest absolute Gasteiger partial charge is 0.353 e. The Bertz CT molecular complexity index is 1280. The minimum absolute atomic E-state index is 0.126. The van der Waals surface area contributed by atoms with Gasteiger partial charge in [-0.3, -0.25) is 14.5 Å². The fourth-order valence-corrected chi connectivity index (χ4v) is 4.11. The Morgan fingerprint density at radius 3 is 2.55 bits per heavy atom. The van der Waals surface area contributed by atoms with Crippen LogP contribution in [0.4, 0.5) is 4.39 Å². The highest BCUT2D eigenvalue weighted by molar-refractivity contribution is 7.08. The highest BCUT2D eigenvalue weighted by Crippen LogP contribution is 2.30. The van der Waals surface area contributed by atoms with E-state index in [-0.39, 0.29) is 17.3 Å². The van der Waals surface area contributed by atoms with Gasteiger partial charge in [0.15, 0.2) is 11.9 Å². The summed E-state index contributed by atoms with van der Waals surface area (Å²) in [6, 6.07) is 10.1. The number of carbonyl (C=O) groups excluding carboxylic acids is 2. The number of halogens is 1. The van der Waals surface area contributed by atoms with Crippen molar-refractivity contribution in [3.05, 3.63) is 64.9 Å². The molecule has 170 valence electrons. The van der Waals surface area contributed by atoms with Gasteiger partial charge in [-0.15, -0.1) is 0 Å². The van der Waals surface area contributed by atoms with Crippen LogP contribution in [0.3, 0.4) is 0 Å². The zero-order chi connectivity index (χ0) is 23.6. The molecule has 1 saturated heterocycles. The summed E-state index contributed by atoms with van der Waals surface area (Å²) in [5, 5.41) is 11.3. The molecule has 0 bridgehead atoms. The molecule has 0 atom stereocenters. The van der Waals surface area contributed by atoms with E-state index in [9.17, 15) is 14.0 Å². The van der Waals surface area contributed by atoms with Crippen molar-refractivity contribution in [1.29, 1.82) is 0 Å². The van der Waals surface area contributed by atoms with Gasteiger partial charge in [0.05, 0.1) is 17.4 Å². The SMILES string of the molecule is CN1CCNC(=O)C1(C)C.O=Cc1cn2nc(-c3ccc(F)cc3)cc(-c3ccsc3)c2n1. The van der Waals surface area contributed by atoms with Crippen LogP contribution in [-0.2, 0) is 4.79 Å². The molecule has 0 saturated carbocycles. The Hall–Kier alpha value is -3.43. The summed E-state index contributed by atoms with van der Waals surface area (Å²) in [7, 11) is 1.97. The summed E-state index contributed by atoms with van der Waals surface area (Å²) in [6.45, 7) is 5.58. The molecule has 3 aromatic heterocycles. The van der Waals surface area contributed by atoms with Crippen molar-refractivity contribution in [3.63, 3.8) is 0 Å². The normalized spacial score (nSPS) is 15.6. The van der Waals surface area contributed by atoms with Crippen LogP contribution >= 0.6 is 11.3 Å². The van der Waals surface area contributed by atoms with Gasteiger partial charge in [-0.2, -0.15) is 16.4 Å². The molecule has 1 N–H and O–H groups in total. The molecule has 4 heterocycles. The first-order valence-electron chi connectivity index (χ1n) is 10.4. The van der Waals surface area contributed by atoms with Gasteiger partial charge in [-0.05, 0) is 73.6 Å². The molecule has 33 heavy (non-hydrogen) atoms. The van der Waals surface area contributed by atoms with E-state index in [2.05, 4.69) is 20.3 Å². The number of fused-ring (bicyclic) bond motifs is 1. The molecule has 4 aromatic rings. The number of piperazine rings is 1. The molecule has 1 aromatic carbocycles. The minimum atomic E-state index is -0.321. The molecule has 1 fully saturated rings. The molecule has 0 radical (unpaired) electrons. The Morgan fingerprint density at radius 2 is 1.94 bits per heavy atom. The molecular formula is C24H24FN5O2S. The van der Waals surface area contributed by atoms with Gasteiger partial charge < -0.3 is 5.32 Å². The van der Waals surface area contributed by atoms with E-state index in [1.165, 1.54) is 12.1 Å². The van der Waals surface area contributed by atoms with Crippen LogP contribution in [0, 0.1) is 5.82 Å². The average Bonchev–Trinajstić information content (AvgIpc) is 3.48. The fraction of sp³-hybridized carbons (Fsp3) is 0.250. The van der Waals surface area contributed by atoms with E-state index in [1.807, 2.05) is 43.8 Å². The lowest BCUT2D eigenvalue weighted by Crippen LogP contribution is -2.60. The molecular weight excluding hydrogens is 441 g/mol. The number of amides is 1. The van der Waals surface area contributed by atoms with Gasteiger partial charge in [0.1, 0.15) is 11.5 Å². The van der Waals surface area contributed by atoms with Gasteiger partial charge in [-0.1, -0.05) is 0 Å². The first-order valence-corrected chi connectivity index (χ1v) is 11.4. The lowest BCUT2D eigenvalue weighted by molar-refractivity contribution is -0.133. The molecule has 0 unspecified atom stereocenters. The second-order valence-electron chi connectivity index (χ2n) is 8.25. The molecule has 5 rings (SSSR count). The Kier molecular flexibility index (Phi) is 6.35. The van der Waals surface area contributed by atoms with Crippen LogP contribution in [0.1, 0.15) is 24.3 Å². The number of likely N-dealkylation sites (N-methyl/N-ethyl adjacent to an activating group) is 1. The van der Waals surface area contributed by atoms with Crippen molar-refractivity contribution in [1.82, 2.24) is 24.8 Å². The third-order valence-electron chi connectivity index (χ3n) is 5.78. The number of aromatic nitrogens is 3. The predicted molar refractivity (Wildman–Crippen MR) is 127 cm³/mol. The monoisotopic (exact) mass is 465 g/mol. The first kappa shape index (κ1) is 22.8. The highest BCUT2D eigenvalue weighted by atomic mass is 32.1. The van der Waals surface area contributed by atoms with E-state index in [4.69, 9.17) is 0 Å². The number of aldehydes is 1. The fourth-order valence-electron chi connectivity index (χ4n) is 3.45. The average molecular weight is 466 g/mol. The summed E-state index contributed by atoms with van der Waals surface area (Å²) < 4.78 is 14.7. The third kappa shape index (κ3) is 4.69. The maximum atomic E-state index is 13.1. The molecule has 9 heteroatoms. The van der Waals surface area contributed by atoms with Crippen molar-refractivity contribution in [2.75, 3.05) is 20.1 Å². The van der Waals surface area contributed by atoms with Gasteiger partial charge in [-0.25, -0.2) is 13.9 Å². The molecule has 0 spiro atoms. The van der Waals surface area contributed by atoms with Crippen LogP contribution in [0.2, 0.25) is 0 Å². The molecule has 1 amide bonds. The Labute approximate surface area is 194 Å². The lowest BCUT2D eigenvalue weighted by Gasteiger charge is -2.38. The second-order valence-corrected chi connectivity index (χ2v) is 9.03. The molecule has 1 aliphatic rings. The lowest BCUT2D eigenvalue weighted by atomic mass is 10.0. The van der Waals surface area contributed by atoms with Crippen LogP contribution in [0.25, 0.3) is 28.0 Å². The van der Waals surface area contributed by atoms with Crippen molar-refractivity contribution in [2.24, 2.45) is 0 Å². The quantitative estimate of drug-likeness (QED) is 0.464. The topological polar surface area (TPSA) is 79.6 Å². The smallest absolute Gasteiger partial charge is 0.239 e. The maximum absolute atomic E-state index is 13.1. The maximum Gasteiger partial charge on any atom is 0.239 e. The molecule has 1 aliphatic heterocycles. The van der Waals surface area contributed by atoms with Gasteiger partial charge in [0, 0.05) is 24.2 Å². The summed E-state index contributed by atoms with van der Waals surface area (Å²) in [5.41, 5.74) is 4.00.